The second-order valence-corrected chi connectivity index (χ2v) is 3.53. The van der Waals surface area contributed by atoms with Gasteiger partial charge in [0.05, 0.1) is 0 Å². The summed E-state index contributed by atoms with van der Waals surface area (Å²) < 4.78 is 4.67. The molecule has 5 nitrogen and oxygen atoms in total. The van der Waals surface area contributed by atoms with Crippen LogP contribution in [0.25, 0.3) is 0 Å². The van der Waals surface area contributed by atoms with E-state index in [1.807, 2.05) is 0 Å². The van der Waals surface area contributed by atoms with E-state index in [9.17, 15) is 9.59 Å². The molecule has 1 N–H and O–H groups in total. The first-order valence-corrected chi connectivity index (χ1v) is 4.34. The lowest BCUT2D eigenvalue weighted by atomic mass is 10.2. The van der Waals surface area contributed by atoms with Crippen LogP contribution in [-0.2, 0) is 9.53 Å². The Hall–Kier alpha value is -1.26. The van der Waals surface area contributed by atoms with Gasteiger partial charge in [-0.25, -0.2) is 9.59 Å². The van der Waals surface area contributed by atoms with Gasteiger partial charge in [0.15, 0.2) is 6.04 Å². The van der Waals surface area contributed by atoms with E-state index in [1.165, 1.54) is 4.90 Å². The number of aliphatic carboxylic acids is 1. The first-order chi connectivity index (χ1) is 6.18. The predicted molar refractivity (Wildman–Crippen MR) is 42.2 cm³/mol. The molecule has 1 heterocycles. The highest BCUT2D eigenvalue weighted by Gasteiger charge is 2.40. The van der Waals surface area contributed by atoms with Crippen molar-refractivity contribution in [3.63, 3.8) is 0 Å². The second kappa shape index (κ2) is 2.90. The summed E-state index contributed by atoms with van der Waals surface area (Å²) in [5.41, 5.74) is 0. The molecule has 1 saturated heterocycles. The Morgan fingerprint density at radius 1 is 1.62 bits per heavy atom. The van der Waals surface area contributed by atoms with Crippen molar-refractivity contribution < 1.29 is 19.4 Å². The molecule has 0 bridgehead atoms. The van der Waals surface area contributed by atoms with Crippen LogP contribution in [0.4, 0.5) is 4.79 Å². The van der Waals surface area contributed by atoms with E-state index in [0.29, 0.717) is 12.5 Å². The van der Waals surface area contributed by atoms with Crippen LogP contribution in [0, 0.1) is 5.92 Å². The summed E-state index contributed by atoms with van der Waals surface area (Å²) in [6, 6.07) is -0.770. The molecule has 1 aliphatic carbocycles. The summed E-state index contributed by atoms with van der Waals surface area (Å²) in [4.78, 5) is 23.1. The number of carboxylic acids is 1. The third kappa shape index (κ3) is 1.59. The van der Waals surface area contributed by atoms with Crippen molar-refractivity contribution in [2.24, 2.45) is 5.92 Å². The maximum absolute atomic E-state index is 11.1. The molecule has 0 aromatic rings. The molecule has 13 heavy (non-hydrogen) atoms. The van der Waals surface area contributed by atoms with Gasteiger partial charge in [-0.3, -0.25) is 4.90 Å². The fourth-order valence-corrected chi connectivity index (χ4v) is 1.44. The number of rotatable bonds is 3. The van der Waals surface area contributed by atoms with E-state index in [-0.39, 0.29) is 6.61 Å². The highest BCUT2D eigenvalue weighted by atomic mass is 16.6. The summed E-state index contributed by atoms with van der Waals surface area (Å²) >= 11 is 0. The molecule has 0 spiro atoms. The lowest BCUT2D eigenvalue weighted by Crippen LogP contribution is -2.40. The Balaban J connectivity index is 2.01. The van der Waals surface area contributed by atoms with Gasteiger partial charge < -0.3 is 9.84 Å². The predicted octanol–water partition coefficient (Wildman–Crippen LogP) is 0.302. The zero-order chi connectivity index (χ0) is 9.42. The van der Waals surface area contributed by atoms with Crippen molar-refractivity contribution >= 4 is 12.1 Å². The van der Waals surface area contributed by atoms with Gasteiger partial charge in [0.2, 0.25) is 0 Å². The lowest BCUT2D eigenvalue weighted by molar-refractivity contribution is -0.141. The van der Waals surface area contributed by atoms with Crippen molar-refractivity contribution in [1.29, 1.82) is 0 Å². The first-order valence-electron chi connectivity index (χ1n) is 4.34. The third-order valence-corrected chi connectivity index (χ3v) is 2.41. The van der Waals surface area contributed by atoms with Crippen molar-refractivity contribution in [3.8, 4) is 0 Å². The zero-order valence-corrected chi connectivity index (χ0v) is 7.10. The topological polar surface area (TPSA) is 66.8 Å². The van der Waals surface area contributed by atoms with E-state index in [4.69, 9.17) is 5.11 Å². The number of hydrogen-bond donors (Lipinski definition) is 1. The molecule has 0 radical (unpaired) electrons. The van der Waals surface area contributed by atoms with E-state index in [1.54, 1.807) is 0 Å². The molecular weight excluding hydrogens is 174 g/mol. The Morgan fingerprint density at radius 3 is 2.85 bits per heavy atom. The van der Waals surface area contributed by atoms with Gasteiger partial charge in [-0.2, -0.15) is 0 Å². The van der Waals surface area contributed by atoms with E-state index in [0.717, 1.165) is 12.8 Å². The summed E-state index contributed by atoms with van der Waals surface area (Å²) in [6.07, 6.45) is 1.70. The number of nitrogens with zero attached hydrogens (tertiary/aromatic N) is 1. The Bertz CT molecular complexity index is 249. The summed E-state index contributed by atoms with van der Waals surface area (Å²) in [5.74, 6) is -0.487. The minimum Gasteiger partial charge on any atom is -0.480 e. The number of amides is 1. The number of carbonyl (C=O) groups excluding carboxylic acids is 1. The van der Waals surface area contributed by atoms with Crippen LogP contribution >= 0.6 is 0 Å². The summed E-state index contributed by atoms with van der Waals surface area (Å²) in [5, 5.41) is 8.76. The standard InChI is InChI=1S/C8H11NO4/c10-7(11)6-4-13-8(12)9(6)3-5-1-2-5/h5-6H,1-4H2,(H,10,11). The monoisotopic (exact) mass is 185 g/mol. The fourth-order valence-electron chi connectivity index (χ4n) is 1.44. The second-order valence-electron chi connectivity index (χ2n) is 3.53. The Labute approximate surface area is 75.3 Å². The average molecular weight is 185 g/mol. The summed E-state index contributed by atoms with van der Waals surface area (Å²) in [7, 11) is 0. The van der Waals surface area contributed by atoms with Gasteiger partial charge in [-0.15, -0.1) is 0 Å². The largest absolute Gasteiger partial charge is 0.480 e. The molecule has 1 atom stereocenters. The van der Waals surface area contributed by atoms with Gasteiger partial charge >= 0.3 is 12.1 Å². The fraction of sp³-hybridized carbons (Fsp3) is 0.750. The number of cyclic esters (lactones) is 1. The van der Waals surface area contributed by atoms with Gasteiger partial charge in [0.1, 0.15) is 6.61 Å². The normalized spacial score (nSPS) is 27.5. The van der Waals surface area contributed by atoms with E-state index < -0.39 is 18.1 Å². The molecule has 2 aliphatic rings. The average Bonchev–Trinajstić information content (AvgIpc) is 2.78. The van der Waals surface area contributed by atoms with Crippen molar-refractivity contribution in [2.45, 2.75) is 18.9 Å². The number of carboxylic acid groups (broad SMARTS) is 1. The zero-order valence-electron chi connectivity index (χ0n) is 7.10. The Kier molecular flexibility index (Phi) is 1.86. The minimum absolute atomic E-state index is 0.0130. The smallest absolute Gasteiger partial charge is 0.410 e. The molecule has 72 valence electrons. The maximum Gasteiger partial charge on any atom is 0.410 e. The number of hydrogen-bond acceptors (Lipinski definition) is 3. The van der Waals surface area contributed by atoms with Crippen LogP contribution in [0.3, 0.4) is 0 Å². The van der Waals surface area contributed by atoms with Crippen LogP contribution < -0.4 is 0 Å². The van der Waals surface area contributed by atoms with Gasteiger partial charge in [0, 0.05) is 6.54 Å². The van der Waals surface area contributed by atoms with Crippen LogP contribution in [0.2, 0.25) is 0 Å². The minimum atomic E-state index is -0.980. The van der Waals surface area contributed by atoms with Crippen molar-refractivity contribution in [2.75, 3.05) is 13.2 Å². The molecule has 1 unspecified atom stereocenters. The molecule has 1 aliphatic heterocycles. The quantitative estimate of drug-likeness (QED) is 0.686. The molecule has 1 amide bonds. The number of ether oxygens (including phenoxy) is 1. The first kappa shape index (κ1) is 8.34. The highest BCUT2D eigenvalue weighted by Crippen LogP contribution is 2.31. The SMILES string of the molecule is O=C(O)C1COC(=O)N1CC1CC1. The van der Waals surface area contributed by atoms with Crippen LogP contribution in [0.5, 0.6) is 0 Å². The third-order valence-electron chi connectivity index (χ3n) is 2.41. The highest BCUT2D eigenvalue weighted by molar-refractivity contribution is 5.82. The maximum atomic E-state index is 11.1. The van der Waals surface area contributed by atoms with Crippen molar-refractivity contribution in [1.82, 2.24) is 4.90 Å². The molecule has 0 aromatic heterocycles. The lowest BCUT2D eigenvalue weighted by Gasteiger charge is -2.16. The van der Waals surface area contributed by atoms with Crippen LogP contribution in [-0.4, -0.2) is 41.3 Å². The molecule has 1 saturated carbocycles. The molecule has 5 heteroatoms. The Morgan fingerprint density at radius 2 is 2.31 bits per heavy atom. The molecule has 2 fully saturated rings. The van der Waals surface area contributed by atoms with Gasteiger partial charge in [0.25, 0.3) is 0 Å². The van der Waals surface area contributed by atoms with Crippen LogP contribution in [0.15, 0.2) is 0 Å². The molecule has 2 rings (SSSR count). The molecule has 0 aromatic carbocycles. The van der Waals surface area contributed by atoms with Crippen LogP contribution in [0.1, 0.15) is 12.8 Å². The van der Waals surface area contributed by atoms with E-state index >= 15 is 0 Å². The summed E-state index contributed by atoms with van der Waals surface area (Å²) in [6.45, 7) is 0.524. The van der Waals surface area contributed by atoms with Crippen molar-refractivity contribution in [3.05, 3.63) is 0 Å². The number of carbonyl (C=O) groups is 2. The van der Waals surface area contributed by atoms with Gasteiger partial charge in [-0.05, 0) is 18.8 Å². The molecular formula is C8H11NO4. The van der Waals surface area contributed by atoms with E-state index in [2.05, 4.69) is 4.74 Å². The van der Waals surface area contributed by atoms with Gasteiger partial charge in [-0.1, -0.05) is 0 Å².